The van der Waals surface area contributed by atoms with Gasteiger partial charge in [-0.2, -0.15) is 8.42 Å². The second kappa shape index (κ2) is 12.1. The second-order valence-corrected chi connectivity index (χ2v) is 13.5. The normalized spacial score (nSPS) is 20.5. The van der Waals surface area contributed by atoms with Crippen LogP contribution in [-0.2, 0) is 37.8 Å². The van der Waals surface area contributed by atoms with Crippen molar-refractivity contribution in [2.45, 2.75) is 70.4 Å². The van der Waals surface area contributed by atoms with Crippen LogP contribution in [0.15, 0.2) is 66.1 Å². The number of hydrogen-bond acceptors (Lipinski definition) is 6. The summed E-state index contributed by atoms with van der Waals surface area (Å²) in [7, 11) is -2.26. The van der Waals surface area contributed by atoms with Gasteiger partial charge in [-0.3, -0.25) is 14.3 Å². The number of anilines is 1. The molecule has 220 valence electrons. The Kier molecular flexibility index (Phi) is 9.01. The molecule has 2 aromatic carbocycles. The fourth-order valence-electron chi connectivity index (χ4n) is 5.70. The number of carbonyl (C=O) groups is 2. The largest absolute Gasteiger partial charge is 0.461 e. The molecule has 3 aromatic rings. The number of cyclic esters (lactones) is 1. The molecular weight excluding hydrogens is 545 g/mol. The van der Waals surface area contributed by atoms with Crippen molar-refractivity contribution in [3.05, 3.63) is 78.0 Å². The Morgan fingerprint density at radius 3 is 2.41 bits per heavy atom. The number of ether oxygens (including phenoxy) is 1. The van der Waals surface area contributed by atoms with Gasteiger partial charge < -0.3 is 9.30 Å². The standard InChI is InChI=1S/C31H38FN3O5S/c1-6-8-25-24(16-13-20-11-14-22(32)15-12-20)29(36)27(30(37)40-25)28(31(2,3)4)21-9-7-10-23(17-21)34-41(38,39)26-18-35(5)19-33-26/h7,9-12,14-15,17-19,24-25,27-28,34H,6,8,13,16H2,1-5H3/t24?,25-,27?,28+/m1/s1. The third kappa shape index (κ3) is 7.04. The number of imidazole rings is 1. The number of nitrogens with one attached hydrogen (secondary N) is 1. The lowest BCUT2D eigenvalue weighted by Gasteiger charge is -2.42. The SMILES string of the molecule is CCC[C@H]1OC(=O)C([C@H](c2cccc(NS(=O)(=O)c3cn(C)cn3)c2)C(C)(C)C)C(=O)C1CCc1ccc(F)cc1. The molecule has 2 heterocycles. The van der Waals surface area contributed by atoms with Crippen molar-refractivity contribution in [2.75, 3.05) is 4.72 Å². The molecule has 1 aliphatic rings. The van der Waals surface area contributed by atoms with Crippen molar-refractivity contribution >= 4 is 27.5 Å². The van der Waals surface area contributed by atoms with E-state index >= 15 is 0 Å². The number of aryl methyl sites for hydroxylation is 2. The number of hydrogen-bond donors (Lipinski definition) is 1. The van der Waals surface area contributed by atoms with E-state index in [0.29, 0.717) is 30.5 Å². The molecule has 0 spiro atoms. The van der Waals surface area contributed by atoms with E-state index in [9.17, 15) is 22.4 Å². The zero-order valence-corrected chi connectivity index (χ0v) is 24.9. The third-order valence-electron chi connectivity index (χ3n) is 7.59. The summed E-state index contributed by atoms with van der Waals surface area (Å²) in [4.78, 5) is 31.6. The van der Waals surface area contributed by atoms with Crippen LogP contribution in [0, 0.1) is 23.1 Å². The van der Waals surface area contributed by atoms with Crippen molar-refractivity contribution in [1.82, 2.24) is 9.55 Å². The molecule has 0 radical (unpaired) electrons. The number of benzene rings is 2. The molecule has 1 fully saturated rings. The molecule has 1 aromatic heterocycles. The van der Waals surface area contributed by atoms with Gasteiger partial charge in [-0.05, 0) is 60.1 Å². The highest BCUT2D eigenvalue weighted by Crippen LogP contribution is 2.46. The van der Waals surface area contributed by atoms with E-state index in [4.69, 9.17) is 4.74 Å². The number of nitrogens with zero attached hydrogens (tertiary/aromatic N) is 2. The van der Waals surface area contributed by atoms with E-state index in [-0.39, 0.29) is 16.6 Å². The Balaban J connectivity index is 1.65. The zero-order valence-electron chi connectivity index (χ0n) is 24.1. The molecule has 1 N–H and O–H groups in total. The molecule has 4 atom stereocenters. The van der Waals surface area contributed by atoms with E-state index in [0.717, 1.165) is 12.0 Å². The third-order valence-corrected chi connectivity index (χ3v) is 8.86. The van der Waals surface area contributed by atoms with Crippen LogP contribution in [0.1, 0.15) is 64.0 Å². The molecule has 1 saturated heterocycles. The van der Waals surface area contributed by atoms with Crippen molar-refractivity contribution in [3.8, 4) is 0 Å². The maximum Gasteiger partial charge on any atom is 0.317 e. The predicted octanol–water partition coefficient (Wildman–Crippen LogP) is 5.65. The first-order valence-electron chi connectivity index (χ1n) is 13.9. The number of aromatic nitrogens is 2. The number of esters is 1. The highest BCUT2D eigenvalue weighted by Gasteiger charge is 2.51. The van der Waals surface area contributed by atoms with Gasteiger partial charge in [0.05, 0.1) is 12.2 Å². The van der Waals surface area contributed by atoms with E-state index in [1.54, 1.807) is 48.0 Å². The summed E-state index contributed by atoms with van der Waals surface area (Å²) in [5.41, 5.74) is 1.32. The van der Waals surface area contributed by atoms with E-state index in [2.05, 4.69) is 9.71 Å². The summed E-state index contributed by atoms with van der Waals surface area (Å²) >= 11 is 0. The average Bonchev–Trinajstić information content (AvgIpc) is 3.34. The van der Waals surface area contributed by atoms with Gasteiger partial charge in [0, 0.05) is 24.8 Å². The van der Waals surface area contributed by atoms with Gasteiger partial charge >= 0.3 is 5.97 Å². The smallest absolute Gasteiger partial charge is 0.317 e. The van der Waals surface area contributed by atoms with Crippen LogP contribution in [0.25, 0.3) is 0 Å². The molecule has 10 heteroatoms. The van der Waals surface area contributed by atoms with Gasteiger partial charge in [0.2, 0.25) is 0 Å². The fourth-order valence-corrected chi connectivity index (χ4v) is 6.74. The molecule has 2 unspecified atom stereocenters. The van der Waals surface area contributed by atoms with Gasteiger partial charge in [-0.1, -0.05) is 58.4 Å². The first kappa shape index (κ1) is 30.4. The molecule has 8 nitrogen and oxygen atoms in total. The minimum atomic E-state index is -3.94. The lowest BCUT2D eigenvalue weighted by Crippen LogP contribution is -2.50. The summed E-state index contributed by atoms with van der Waals surface area (Å²) in [5.74, 6) is -3.16. The second-order valence-electron chi connectivity index (χ2n) is 11.9. The monoisotopic (exact) mass is 583 g/mol. The molecular formula is C31H38FN3O5S. The van der Waals surface area contributed by atoms with Crippen LogP contribution in [0.3, 0.4) is 0 Å². The van der Waals surface area contributed by atoms with Crippen LogP contribution < -0.4 is 4.72 Å². The van der Waals surface area contributed by atoms with Crippen molar-refractivity contribution in [3.63, 3.8) is 0 Å². The topological polar surface area (TPSA) is 107 Å². The lowest BCUT2D eigenvalue weighted by molar-refractivity contribution is -0.174. The first-order valence-corrected chi connectivity index (χ1v) is 15.4. The molecule has 0 bridgehead atoms. The highest BCUT2D eigenvalue weighted by molar-refractivity contribution is 7.92. The number of ketones is 1. The van der Waals surface area contributed by atoms with Gasteiger partial charge in [0.1, 0.15) is 17.8 Å². The van der Waals surface area contributed by atoms with Crippen molar-refractivity contribution < 1.29 is 27.1 Å². The van der Waals surface area contributed by atoms with Crippen LogP contribution in [0.5, 0.6) is 0 Å². The number of carbonyl (C=O) groups excluding carboxylic acids is 2. The van der Waals surface area contributed by atoms with Crippen LogP contribution in [0.4, 0.5) is 10.1 Å². The zero-order chi connectivity index (χ0) is 29.9. The van der Waals surface area contributed by atoms with E-state index < -0.39 is 45.3 Å². The summed E-state index contributed by atoms with van der Waals surface area (Å²) in [6, 6.07) is 13.0. The van der Waals surface area contributed by atoms with Gasteiger partial charge in [0.25, 0.3) is 10.0 Å². The Bertz CT molecular complexity index is 1490. The molecule has 1 aliphatic heterocycles. The van der Waals surface area contributed by atoms with E-state index in [1.807, 2.05) is 27.7 Å². The van der Waals surface area contributed by atoms with Crippen LogP contribution >= 0.6 is 0 Å². The lowest BCUT2D eigenvalue weighted by atomic mass is 9.65. The Morgan fingerprint density at radius 2 is 1.80 bits per heavy atom. The Labute approximate surface area is 241 Å². The molecule has 41 heavy (non-hydrogen) atoms. The summed E-state index contributed by atoms with van der Waals surface area (Å²) < 4.78 is 49.3. The minimum absolute atomic E-state index is 0.116. The maximum atomic E-state index is 14.2. The minimum Gasteiger partial charge on any atom is -0.461 e. The van der Waals surface area contributed by atoms with Gasteiger partial charge in [-0.15, -0.1) is 0 Å². The summed E-state index contributed by atoms with van der Waals surface area (Å²) in [6.45, 7) is 7.84. The Hall–Kier alpha value is -3.53. The van der Waals surface area contributed by atoms with Crippen molar-refractivity contribution in [2.24, 2.45) is 24.3 Å². The molecule has 0 amide bonds. The van der Waals surface area contributed by atoms with Crippen LogP contribution in [-0.4, -0.2) is 35.8 Å². The molecule has 4 rings (SSSR count). The number of rotatable bonds is 10. The average molecular weight is 584 g/mol. The van der Waals surface area contributed by atoms with Gasteiger partial charge in [-0.25, -0.2) is 9.37 Å². The molecule has 0 saturated carbocycles. The van der Waals surface area contributed by atoms with Crippen molar-refractivity contribution in [1.29, 1.82) is 0 Å². The Morgan fingerprint density at radius 1 is 1.10 bits per heavy atom. The first-order chi connectivity index (χ1) is 19.3. The number of Topliss-reactive ketones (excluding diaryl/α,β-unsaturated/α-hetero) is 1. The molecule has 0 aliphatic carbocycles. The number of halogens is 1. The maximum absolute atomic E-state index is 14.2. The quantitative estimate of drug-likeness (QED) is 0.244. The van der Waals surface area contributed by atoms with Crippen LogP contribution in [0.2, 0.25) is 0 Å². The fraction of sp³-hybridized carbons (Fsp3) is 0.452. The van der Waals surface area contributed by atoms with Gasteiger partial charge in [0.15, 0.2) is 10.8 Å². The number of sulfonamides is 1. The van der Waals surface area contributed by atoms with E-state index in [1.165, 1.54) is 24.7 Å². The predicted molar refractivity (Wildman–Crippen MR) is 154 cm³/mol. The highest BCUT2D eigenvalue weighted by atomic mass is 32.2. The summed E-state index contributed by atoms with van der Waals surface area (Å²) in [5, 5.41) is -0.116. The summed E-state index contributed by atoms with van der Waals surface area (Å²) in [6.07, 6.45) is 4.63.